The van der Waals surface area contributed by atoms with Crippen molar-refractivity contribution in [1.29, 1.82) is 0 Å². The molecule has 0 saturated heterocycles. The lowest BCUT2D eigenvalue weighted by Gasteiger charge is -2.24. The van der Waals surface area contributed by atoms with Crippen molar-refractivity contribution < 1.29 is 13.6 Å². The smallest absolute Gasteiger partial charge is 0.244 e. The van der Waals surface area contributed by atoms with Crippen LogP contribution in [0.1, 0.15) is 18.1 Å². The highest BCUT2D eigenvalue weighted by molar-refractivity contribution is 5.86. The molecule has 110 valence electrons. The van der Waals surface area contributed by atoms with E-state index in [1.54, 1.807) is 31.2 Å². The third kappa shape index (κ3) is 3.44. The van der Waals surface area contributed by atoms with Gasteiger partial charge in [0.2, 0.25) is 5.91 Å². The number of nitrogens with two attached hydrogens (primary N) is 1. The predicted molar refractivity (Wildman–Crippen MR) is 76.2 cm³/mol. The van der Waals surface area contributed by atoms with Crippen LogP contribution in [-0.2, 0) is 16.9 Å². The summed E-state index contributed by atoms with van der Waals surface area (Å²) in [7, 11) is 0. The van der Waals surface area contributed by atoms with Gasteiger partial charge in [-0.05, 0) is 30.7 Å². The van der Waals surface area contributed by atoms with Gasteiger partial charge in [-0.25, -0.2) is 8.78 Å². The van der Waals surface area contributed by atoms with Crippen molar-refractivity contribution in [1.82, 2.24) is 5.32 Å². The van der Waals surface area contributed by atoms with Gasteiger partial charge in [0.1, 0.15) is 17.2 Å². The van der Waals surface area contributed by atoms with Crippen LogP contribution in [0.3, 0.4) is 0 Å². The molecule has 0 radical (unpaired) electrons. The summed E-state index contributed by atoms with van der Waals surface area (Å²) < 4.78 is 26.6. The fraction of sp³-hybridized carbons (Fsp3) is 0.188. The Morgan fingerprint density at radius 2 is 1.86 bits per heavy atom. The molecule has 0 aliphatic heterocycles. The van der Waals surface area contributed by atoms with Crippen LogP contribution in [0.2, 0.25) is 0 Å². The monoisotopic (exact) mass is 290 g/mol. The van der Waals surface area contributed by atoms with Gasteiger partial charge in [-0.3, -0.25) is 4.79 Å². The Morgan fingerprint density at radius 1 is 1.19 bits per heavy atom. The highest BCUT2D eigenvalue weighted by Crippen LogP contribution is 2.18. The summed E-state index contributed by atoms with van der Waals surface area (Å²) in [6, 6.07) is 11.9. The van der Waals surface area contributed by atoms with E-state index in [-0.39, 0.29) is 12.1 Å². The summed E-state index contributed by atoms with van der Waals surface area (Å²) in [5.41, 5.74) is 5.51. The Hall–Kier alpha value is -2.27. The van der Waals surface area contributed by atoms with Crippen molar-refractivity contribution in [2.24, 2.45) is 5.73 Å². The molecule has 0 heterocycles. The zero-order valence-electron chi connectivity index (χ0n) is 11.6. The van der Waals surface area contributed by atoms with Gasteiger partial charge in [0.15, 0.2) is 0 Å². The highest BCUT2D eigenvalue weighted by Gasteiger charge is 2.30. The number of carbonyl (C=O) groups is 1. The fourth-order valence-electron chi connectivity index (χ4n) is 1.95. The Morgan fingerprint density at radius 3 is 2.52 bits per heavy atom. The van der Waals surface area contributed by atoms with Gasteiger partial charge in [-0.1, -0.05) is 30.3 Å². The topological polar surface area (TPSA) is 55.1 Å². The zero-order valence-corrected chi connectivity index (χ0v) is 11.6. The summed E-state index contributed by atoms with van der Waals surface area (Å²) in [4.78, 5) is 12.2. The molecule has 0 bridgehead atoms. The van der Waals surface area contributed by atoms with Crippen LogP contribution in [0.4, 0.5) is 8.78 Å². The molecule has 2 aromatic carbocycles. The highest BCUT2D eigenvalue weighted by atomic mass is 19.1. The second kappa shape index (κ2) is 6.01. The van der Waals surface area contributed by atoms with Crippen molar-refractivity contribution in [2.45, 2.75) is 19.0 Å². The fourth-order valence-corrected chi connectivity index (χ4v) is 1.95. The molecule has 0 fully saturated rings. The third-order valence-electron chi connectivity index (χ3n) is 3.29. The molecule has 3 N–H and O–H groups in total. The van der Waals surface area contributed by atoms with E-state index < -0.39 is 23.1 Å². The Labute approximate surface area is 121 Å². The molecule has 0 saturated carbocycles. The van der Waals surface area contributed by atoms with Crippen LogP contribution in [0.5, 0.6) is 0 Å². The molecular formula is C16H16F2N2O. The summed E-state index contributed by atoms with van der Waals surface area (Å²) in [6.45, 7) is 1.45. The van der Waals surface area contributed by atoms with Crippen molar-refractivity contribution in [3.05, 3.63) is 71.3 Å². The van der Waals surface area contributed by atoms with Crippen LogP contribution in [0, 0.1) is 11.6 Å². The van der Waals surface area contributed by atoms with E-state index >= 15 is 0 Å². The van der Waals surface area contributed by atoms with Gasteiger partial charge in [0.05, 0.1) is 0 Å². The Balaban J connectivity index is 2.09. The second-order valence-corrected chi connectivity index (χ2v) is 4.99. The first kappa shape index (κ1) is 15.1. The molecule has 5 heteroatoms. The van der Waals surface area contributed by atoms with E-state index in [1.165, 1.54) is 0 Å². The normalized spacial score (nSPS) is 13.5. The quantitative estimate of drug-likeness (QED) is 0.908. The number of halogens is 2. The molecule has 3 nitrogen and oxygen atoms in total. The average Bonchev–Trinajstić information content (AvgIpc) is 2.48. The second-order valence-electron chi connectivity index (χ2n) is 4.99. The van der Waals surface area contributed by atoms with Crippen molar-refractivity contribution in [2.75, 3.05) is 0 Å². The van der Waals surface area contributed by atoms with Gasteiger partial charge in [-0.15, -0.1) is 0 Å². The van der Waals surface area contributed by atoms with E-state index in [1.807, 2.05) is 6.07 Å². The molecule has 21 heavy (non-hydrogen) atoms. The van der Waals surface area contributed by atoms with E-state index in [9.17, 15) is 13.6 Å². The third-order valence-corrected chi connectivity index (χ3v) is 3.29. The van der Waals surface area contributed by atoms with Crippen molar-refractivity contribution in [3.8, 4) is 0 Å². The van der Waals surface area contributed by atoms with Gasteiger partial charge >= 0.3 is 0 Å². The number of amides is 1. The average molecular weight is 290 g/mol. The number of rotatable bonds is 4. The van der Waals surface area contributed by atoms with Gasteiger partial charge in [0, 0.05) is 12.1 Å². The number of carbonyl (C=O) groups excluding carboxylic acids is 1. The zero-order chi connectivity index (χ0) is 15.5. The van der Waals surface area contributed by atoms with Gasteiger partial charge < -0.3 is 11.1 Å². The maximum absolute atomic E-state index is 13.5. The maximum Gasteiger partial charge on any atom is 0.244 e. The number of nitrogens with one attached hydrogen (secondary N) is 1. The van der Waals surface area contributed by atoms with Crippen LogP contribution in [-0.4, -0.2) is 5.91 Å². The van der Waals surface area contributed by atoms with Crippen molar-refractivity contribution in [3.63, 3.8) is 0 Å². The largest absolute Gasteiger partial charge is 0.350 e. The lowest BCUT2D eigenvalue weighted by Crippen LogP contribution is -2.48. The molecule has 0 aliphatic rings. The summed E-state index contributed by atoms with van der Waals surface area (Å²) in [5, 5.41) is 2.54. The summed E-state index contributed by atoms with van der Waals surface area (Å²) >= 11 is 0. The van der Waals surface area contributed by atoms with Crippen molar-refractivity contribution >= 4 is 5.91 Å². The van der Waals surface area contributed by atoms with Crippen LogP contribution in [0.25, 0.3) is 0 Å². The van der Waals surface area contributed by atoms with E-state index in [4.69, 9.17) is 5.73 Å². The van der Waals surface area contributed by atoms with Crippen LogP contribution in [0.15, 0.2) is 48.5 Å². The first-order valence-corrected chi connectivity index (χ1v) is 6.48. The predicted octanol–water partition coefficient (Wildman–Crippen LogP) is 2.46. The minimum atomic E-state index is -1.24. The van der Waals surface area contributed by atoms with E-state index in [0.29, 0.717) is 5.56 Å². The minimum Gasteiger partial charge on any atom is -0.350 e. The molecule has 2 rings (SSSR count). The number of benzene rings is 2. The van der Waals surface area contributed by atoms with Crippen LogP contribution >= 0.6 is 0 Å². The SMILES string of the molecule is CC(N)(C(=O)NCc1cc(F)ccc1F)c1ccccc1. The van der Waals surface area contributed by atoms with E-state index in [0.717, 1.165) is 18.2 Å². The molecule has 0 aromatic heterocycles. The Bertz CT molecular complexity index is 642. The lowest BCUT2D eigenvalue weighted by molar-refractivity contribution is -0.126. The number of hydrogen-bond acceptors (Lipinski definition) is 2. The maximum atomic E-state index is 13.5. The lowest BCUT2D eigenvalue weighted by atomic mass is 9.92. The molecule has 1 atom stereocenters. The molecular weight excluding hydrogens is 274 g/mol. The van der Waals surface area contributed by atoms with Crippen LogP contribution < -0.4 is 11.1 Å². The molecule has 0 spiro atoms. The molecule has 1 unspecified atom stereocenters. The van der Waals surface area contributed by atoms with Gasteiger partial charge in [0.25, 0.3) is 0 Å². The standard InChI is InChI=1S/C16H16F2N2O/c1-16(19,12-5-3-2-4-6-12)15(21)20-10-11-9-13(17)7-8-14(11)18/h2-9H,10,19H2,1H3,(H,20,21). The first-order valence-electron chi connectivity index (χ1n) is 6.48. The Kier molecular flexibility index (Phi) is 4.33. The number of hydrogen-bond donors (Lipinski definition) is 2. The summed E-state index contributed by atoms with van der Waals surface area (Å²) in [5.74, 6) is -1.59. The molecule has 2 aromatic rings. The first-order chi connectivity index (χ1) is 9.91. The minimum absolute atomic E-state index is 0.0761. The molecule has 1 amide bonds. The summed E-state index contributed by atoms with van der Waals surface area (Å²) in [6.07, 6.45) is 0. The van der Waals surface area contributed by atoms with Gasteiger partial charge in [-0.2, -0.15) is 0 Å². The van der Waals surface area contributed by atoms with E-state index in [2.05, 4.69) is 5.32 Å². The molecule has 0 aliphatic carbocycles.